The summed E-state index contributed by atoms with van der Waals surface area (Å²) in [6.07, 6.45) is 1.15. The molecule has 0 aromatic heterocycles. The van der Waals surface area contributed by atoms with Gasteiger partial charge in [0, 0.05) is 19.1 Å². The summed E-state index contributed by atoms with van der Waals surface area (Å²) in [6.45, 7) is 7.54. The maximum atomic E-state index is 9.26. The van der Waals surface area contributed by atoms with E-state index in [4.69, 9.17) is 0 Å². The quantitative estimate of drug-likeness (QED) is 0.758. The van der Waals surface area contributed by atoms with E-state index in [2.05, 4.69) is 42.8 Å². The lowest BCUT2D eigenvalue weighted by Crippen LogP contribution is -2.38. The van der Waals surface area contributed by atoms with Crippen molar-refractivity contribution in [3.05, 3.63) is 29.3 Å². The second-order valence-electron chi connectivity index (χ2n) is 5.29. The van der Waals surface area contributed by atoms with Crippen LogP contribution in [-0.2, 0) is 0 Å². The third kappa shape index (κ3) is 2.65. The standard InChI is InChI=1S/C15H21N3/c1-12-5-6-14(10-16)15(9-12)18-8-4-7-17(3)11-13(18)2/h5-6,9,13H,4,7-8,11H2,1-3H3. The van der Waals surface area contributed by atoms with Gasteiger partial charge in [0.05, 0.1) is 11.3 Å². The Bertz CT molecular complexity index is 461. The molecule has 1 unspecified atom stereocenters. The molecule has 0 aliphatic carbocycles. The molecule has 0 amide bonds. The molecule has 1 saturated heterocycles. The van der Waals surface area contributed by atoms with Crippen molar-refractivity contribution in [2.45, 2.75) is 26.3 Å². The van der Waals surface area contributed by atoms with E-state index in [1.165, 1.54) is 5.56 Å². The average Bonchev–Trinajstić information content (AvgIpc) is 2.50. The van der Waals surface area contributed by atoms with Crippen molar-refractivity contribution in [1.82, 2.24) is 4.90 Å². The van der Waals surface area contributed by atoms with Gasteiger partial charge in [0.25, 0.3) is 0 Å². The van der Waals surface area contributed by atoms with Crippen LogP contribution in [0.2, 0.25) is 0 Å². The molecule has 0 N–H and O–H groups in total. The van der Waals surface area contributed by atoms with Crippen molar-refractivity contribution in [2.24, 2.45) is 0 Å². The molecule has 3 heteroatoms. The summed E-state index contributed by atoms with van der Waals surface area (Å²) in [6, 6.07) is 8.85. The van der Waals surface area contributed by atoms with Crippen molar-refractivity contribution in [3.63, 3.8) is 0 Å². The van der Waals surface area contributed by atoms with Crippen LogP contribution in [0.3, 0.4) is 0 Å². The fourth-order valence-corrected chi connectivity index (χ4v) is 2.70. The first-order valence-corrected chi connectivity index (χ1v) is 6.57. The van der Waals surface area contributed by atoms with Gasteiger partial charge in [-0.3, -0.25) is 0 Å². The molecule has 1 heterocycles. The van der Waals surface area contributed by atoms with Gasteiger partial charge in [-0.15, -0.1) is 0 Å². The molecule has 0 radical (unpaired) electrons. The van der Waals surface area contributed by atoms with Gasteiger partial charge in [-0.1, -0.05) is 6.07 Å². The van der Waals surface area contributed by atoms with Gasteiger partial charge >= 0.3 is 0 Å². The summed E-state index contributed by atoms with van der Waals surface area (Å²) in [5, 5.41) is 9.26. The minimum absolute atomic E-state index is 0.450. The lowest BCUT2D eigenvalue weighted by molar-refractivity contribution is 0.337. The topological polar surface area (TPSA) is 30.3 Å². The normalized spacial score (nSPS) is 21.4. The SMILES string of the molecule is Cc1ccc(C#N)c(N2CCCN(C)CC2C)c1. The molecule has 96 valence electrons. The number of likely N-dealkylation sites (N-methyl/N-ethyl adjacent to an activating group) is 1. The first kappa shape index (κ1) is 12.9. The molecular weight excluding hydrogens is 222 g/mol. The first-order valence-electron chi connectivity index (χ1n) is 6.57. The zero-order valence-corrected chi connectivity index (χ0v) is 11.5. The highest BCUT2D eigenvalue weighted by molar-refractivity contribution is 5.61. The number of nitriles is 1. The van der Waals surface area contributed by atoms with Crippen LogP contribution in [0.25, 0.3) is 0 Å². The second-order valence-corrected chi connectivity index (χ2v) is 5.29. The average molecular weight is 243 g/mol. The molecule has 1 fully saturated rings. The van der Waals surface area contributed by atoms with Crippen LogP contribution in [0.5, 0.6) is 0 Å². The van der Waals surface area contributed by atoms with Gasteiger partial charge in [0.1, 0.15) is 6.07 Å². The molecule has 1 aromatic rings. The Labute approximate surface area is 110 Å². The lowest BCUT2D eigenvalue weighted by Gasteiger charge is -2.31. The molecule has 0 spiro atoms. The molecule has 1 aromatic carbocycles. The number of hydrogen-bond acceptors (Lipinski definition) is 3. The van der Waals surface area contributed by atoms with E-state index in [9.17, 15) is 5.26 Å². The van der Waals surface area contributed by atoms with E-state index >= 15 is 0 Å². The van der Waals surface area contributed by atoms with Crippen LogP contribution >= 0.6 is 0 Å². The Morgan fingerprint density at radius 1 is 1.33 bits per heavy atom. The van der Waals surface area contributed by atoms with Gasteiger partial charge in [-0.2, -0.15) is 5.26 Å². The number of benzene rings is 1. The highest BCUT2D eigenvalue weighted by Gasteiger charge is 2.21. The van der Waals surface area contributed by atoms with Crippen molar-refractivity contribution in [1.29, 1.82) is 5.26 Å². The predicted molar refractivity (Wildman–Crippen MR) is 74.8 cm³/mol. The minimum atomic E-state index is 0.450. The Morgan fingerprint density at radius 2 is 2.11 bits per heavy atom. The first-order chi connectivity index (χ1) is 8.61. The van der Waals surface area contributed by atoms with Crippen LogP contribution in [0, 0.1) is 18.3 Å². The van der Waals surface area contributed by atoms with Crippen LogP contribution in [0.1, 0.15) is 24.5 Å². The summed E-state index contributed by atoms with van der Waals surface area (Å²) in [5.41, 5.74) is 3.10. The highest BCUT2D eigenvalue weighted by Crippen LogP contribution is 2.25. The van der Waals surface area contributed by atoms with Crippen molar-refractivity contribution >= 4 is 5.69 Å². The zero-order chi connectivity index (χ0) is 13.1. The molecule has 0 bridgehead atoms. The Morgan fingerprint density at radius 3 is 2.83 bits per heavy atom. The summed E-state index contributed by atoms with van der Waals surface area (Å²) in [4.78, 5) is 4.75. The van der Waals surface area contributed by atoms with Crippen LogP contribution < -0.4 is 4.90 Å². The molecule has 3 nitrogen and oxygen atoms in total. The maximum Gasteiger partial charge on any atom is 0.101 e. The minimum Gasteiger partial charge on any atom is -0.366 e. The second kappa shape index (κ2) is 5.41. The Hall–Kier alpha value is -1.53. The molecular formula is C15H21N3. The number of nitrogens with zero attached hydrogens (tertiary/aromatic N) is 3. The third-order valence-corrected chi connectivity index (χ3v) is 3.63. The zero-order valence-electron chi connectivity index (χ0n) is 11.5. The van der Waals surface area contributed by atoms with Crippen molar-refractivity contribution < 1.29 is 0 Å². The number of hydrogen-bond donors (Lipinski definition) is 0. The monoisotopic (exact) mass is 243 g/mol. The number of aryl methyl sites for hydroxylation is 1. The highest BCUT2D eigenvalue weighted by atomic mass is 15.2. The van der Waals surface area contributed by atoms with E-state index in [1.54, 1.807) is 0 Å². The van der Waals surface area contributed by atoms with Gasteiger partial charge < -0.3 is 9.80 Å². The molecule has 2 rings (SSSR count). The largest absolute Gasteiger partial charge is 0.366 e. The summed E-state index contributed by atoms with van der Waals surface area (Å²) in [5.74, 6) is 0. The van der Waals surface area contributed by atoms with E-state index in [0.29, 0.717) is 6.04 Å². The lowest BCUT2D eigenvalue weighted by atomic mass is 10.1. The van der Waals surface area contributed by atoms with Gasteiger partial charge in [0.2, 0.25) is 0 Å². The van der Waals surface area contributed by atoms with E-state index < -0.39 is 0 Å². The third-order valence-electron chi connectivity index (χ3n) is 3.63. The Kier molecular flexibility index (Phi) is 3.88. The summed E-state index contributed by atoms with van der Waals surface area (Å²) < 4.78 is 0. The van der Waals surface area contributed by atoms with Crippen molar-refractivity contribution in [3.8, 4) is 6.07 Å². The van der Waals surface area contributed by atoms with Gasteiger partial charge in [0.15, 0.2) is 0 Å². The smallest absolute Gasteiger partial charge is 0.101 e. The number of rotatable bonds is 1. The molecule has 0 saturated carbocycles. The number of anilines is 1. The fourth-order valence-electron chi connectivity index (χ4n) is 2.70. The molecule has 1 atom stereocenters. The van der Waals surface area contributed by atoms with E-state index in [-0.39, 0.29) is 0 Å². The fraction of sp³-hybridized carbons (Fsp3) is 0.533. The van der Waals surface area contributed by atoms with Gasteiger partial charge in [-0.25, -0.2) is 0 Å². The predicted octanol–water partition coefficient (Wildman–Crippen LogP) is 2.40. The van der Waals surface area contributed by atoms with Gasteiger partial charge in [-0.05, 0) is 51.6 Å². The molecule has 1 aliphatic heterocycles. The summed E-state index contributed by atoms with van der Waals surface area (Å²) in [7, 11) is 2.17. The van der Waals surface area contributed by atoms with Crippen LogP contribution in [-0.4, -0.2) is 37.6 Å². The van der Waals surface area contributed by atoms with Crippen LogP contribution in [0.15, 0.2) is 18.2 Å². The van der Waals surface area contributed by atoms with Crippen molar-refractivity contribution in [2.75, 3.05) is 31.6 Å². The Balaban J connectivity index is 2.35. The van der Waals surface area contributed by atoms with E-state index in [1.807, 2.05) is 12.1 Å². The maximum absolute atomic E-state index is 9.26. The summed E-state index contributed by atoms with van der Waals surface area (Å²) >= 11 is 0. The van der Waals surface area contributed by atoms with Crippen LogP contribution in [0.4, 0.5) is 5.69 Å². The van der Waals surface area contributed by atoms with E-state index in [0.717, 1.165) is 37.3 Å². The molecule has 18 heavy (non-hydrogen) atoms. The molecule has 1 aliphatic rings.